The molecular weight excluding hydrogens is 275 g/mol. The molecule has 0 aliphatic carbocycles. The lowest BCUT2D eigenvalue weighted by Crippen LogP contribution is -2.16. The molecule has 1 aliphatic rings. The Morgan fingerprint density at radius 1 is 1.44 bits per heavy atom. The SMILES string of the molecule is Fc1cc(CBr)cc(OCC2CCCO2)c1. The molecule has 0 aromatic heterocycles. The van der Waals surface area contributed by atoms with E-state index in [1.54, 1.807) is 0 Å². The van der Waals surface area contributed by atoms with Gasteiger partial charge in [-0.2, -0.15) is 0 Å². The second-order valence-corrected chi connectivity index (χ2v) is 4.44. The summed E-state index contributed by atoms with van der Waals surface area (Å²) in [4.78, 5) is 0. The van der Waals surface area contributed by atoms with Gasteiger partial charge in [0.1, 0.15) is 18.2 Å². The van der Waals surface area contributed by atoms with Crippen molar-refractivity contribution < 1.29 is 13.9 Å². The van der Waals surface area contributed by atoms with Gasteiger partial charge >= 0.3 is 0 Å². The largest absolute Gasteiger partial charge is 0.491 e. The Hall–Kier alpha value is -0.610. The molecule has 2 nitrogen and oxygen atoms in total. The molecule has 0 bridgehead atoms. The minimum Gasteiger partial charge on any atom is -0.491 e. The van der Waals surface area contributed by atoms with Crippen LogP contribution in [-0.4, -0.2) is 19.3 Å². The smallest absolute Gasteiger partial charge is 0.127 e. The van der Waals surface area contributed by atoms with E-state index in [1.165, 1.54) is 12.1 Å². The quantitative estimate of drug-likeness (QED) is 0.792. The van der Waals surface area contributed by atoms with E-state index in [0.29, 0.717) is 17.7 Å². The highest BCUT2D eigenvalue weighted by Gasteiger charge is 2.16. The standard InChI is InChI=1S/C12H14BrFO2/c13-7-9-4-10(14)6-12(5-9)16-8-11-2-1-3-15-11/h4-6,11H,1-3,7-8H2. The molecule has 1 aromatic carbocycles. The van der Waals surface area contributed by atoms with Gasteiger partial charge in [-0.15, -0.1) is 0 Å². The number of hydrogen-bond acceptors (Lipinski definition) is 2. The van der Waals surface area contributed by atoms with Crippen LogP contribution in [0.25, 0.3) is 0 Å². The zero-order valence-electron chi connectivity index (χ0n) is 8.92. The van der Waals surface area contributed by atoms with Crippen LogP contribution in [0.1, 0.15) is 18.4 Å². The fourth-order valence-corrected chi connectivity index (χ4v) is 2.07. The molecule has 0 spiro atoms. The molecule has 1 saturated heterocycles. The Bertz CT molecular complexity index is 351. The van der Waals surface area contributed by atoms with Gasteiger partial charge in [0.05, 0.1) is 6.10 Å². The molecule has 0 N–H and O–H groups in total. The number of ether oxygens (including phenoxy) is 2. The molecule has 1 unspecified atom stereocenters. The molecule has 1 aliphatic heterocycles. The van der Waals surface area contributed by atoms with Crippen LogP contribution in [0, 0.1) is 5.82 Å². The summed E-state index contributed by atoms with van der Waals surface area (Å²) in [5.74, 6) is 0.309. The molecule has 88 valence electrons. The average molecular weight is 289 g/mol. The average Bonchev–Trinajstić information content (AvgIpc) is 2.78. The number of benzene rings is 1. The van der Waals surface area contributed by atoms with E-state index in [9.17, 15) is 4.39 Å². The molecule has 16 heavy (non-hydrogen) atoms. The van der Waals surface area contributed by atoms with Crippen molar-refractivity contribution in [1.29, 1.82) is 0 Å². The maximum Gasteiger partial charge on any atom is 0.127 e. The van der Waals surface area contributed by atoms with Gasteiger partial charge in [0.15, 0.2) is 0 Å². The highest BCUT2D eigenvalue weighted by atomic mass is 79.9. The normalized spacial score (nSPS) is 20.0. The maximum absolute atomic E-state index is 13.2. The van der Waals surface area contributed by atoms with E-state index >= 15 is 0 Å². The Morgan fingerprint density at radius 2 is 2.31 bits per heavy atom. The lowest BCUT2D eigenvalue weighted by atomic mass is 10.2. The van der Waals surface area contributed by atoms with Crippen molar-refractivity contribution in [2.45, 2.75) is 24.3 Å². The molecule has 4 heteroatoms. The number of hydrogen-bond donors (Lipinski definition) is 0. The second kappa shape index (κ2) is 5.64. The minimum absolute atomic E-state index is 0.163. The third kappa shape index (κ3) is 3.19. The van der Waals surface area contributed by atoms with E-state index < -0.39 is 0 Å². The van der Waals surface area contributed by atoms with Crippen LogP contribution < -0.4 is 4.74 Å². The van der Waals surface area contributed by atoms with Crippen LogP contribution in [0.2, 0.25) is 0 Å². The van der Waals surface area contributed by atoms with Crippen molar-refractivity contribution in [1.82, 2.24) is 0 Å². The van der Waals surface area contributed by atoms with E-state index in [-0.39, 0.29) is 11.9 Å². The summed E-state index contributed by atoms with van der Waals surface area (Å²) >= 11 is 3.30. The van der Waals surface area contributed by atoms with Crippen molar-refractivity contribution >= 4 is 15.9 Å². The van der Waals surface area contributed by atoms with Crippen LogP contribution in [0.15, 0.2) is 18.2 Å². The summed E-state index contributed by atoms with van der Waals surface area (Å²) in [6.45, 7) is 1.31. The highest BCUT2D eigenvalue weighted by molar-refractivity contribution is 9.08. The number of alkyl halides is 1. The van der Waals surface area contributed by atoms with Gasteiger partial charge in [0.25, 0.3) is 0 Å². The first-order valence-electron chi connectivity index (χ1n) is 5.38. The van der Waals surface area contributed by atoms with Crippen LogP contribution in [-0.2, 0) is 10.1 Å². The molecular formula is C12H14BrFO2. The highest BCUT2D eigenvalue weighted by Crippen LogP contribution is 2.20. The van der Waals surface area contributed by atoms with E-state index in [0.717, 1.165) is 25.0 Å². The zero-order valence-corrected chi connectivity index (χ0v) is 10.5. The topological polar surface area (TPSA) is 18.5 Å². The fourth-order valence-electron chi connectivity index (χ4n) is 1.75. The zero-order chi connectivity index (χ0) is 11.4. The number of rotatable bonds is 4. The van der Waals surface area contributed by atoms with Crippen LogP contribution in [0.4, 0.5) is 4.39 Å². The van der Waals surface area contributed by atoms with Gasteiger partial charge in [-0.1, -0.05) is 15.9 Å². The van der Waals surface area contributed by atoms with Gasteiger partial charge in [-0.05, 0) is 30.5 Å². The molecule has 1 heterocycles. The Balaban J connectivity index is 1.94. The summed E-state index contributed by atoms with van der Waals surface area (Å²) in [6, 6.07) is 4.74. The Kier molecular flexibility index (Phi) is 4.18. The predicted octanol–water partition coefficient (Wildman–Crippen LogP) is 3.28. The number of halogens is 2. The first kappa shape index (κ1) is 11.9. The second-order valence-electron chi connectivity index (χ2n) is 3.87. The lowest BCUT2D eigenvalue weighted by molar-refractivity contribution is 0.0678. The van der Waals surface area contributed by atoms with Crippen LogP contribution >= 0.6 is 15.9 Å². The monoisotopic (exact) mass is 288 g/mol. The van der Waals surface area contributed by atoms with E-state index in [2.05, 4.69) is 15.9 Å². The molecule has 1 fully saturated rings. The van der Waals surface area contributed by atoms with Crippen molar-refractivity contribution in [3.05, 3.63) is 29.6 Å². The summed E-state index contributed by atoms with van der Waals surface area (Å²) in [5.41, 5.74) is 0.877. The Morgan fingerprint density at radius 3 is 3.00 bits per heavy atom. The van der Waals surface area contributed by atoms with E-state index in [1.807, 2.05) is 6.07 Å². The van der Waals surface area contributed by atoms with Gasteiger partial charge in [0.2, 0.25) is 0 Å². The third-order valence-electron chi connectivity index (χ3n) is 2.55. The van der Waals surface area contributed by atoms with Gasteiger partial charge in [-0.3, -0.25) is 0 Å². The van der Waals surface area contributed by atoms with Crippen molar-refractivity contribution in [3.63, 3.8) is 0 Å². The first-order chi connectivity index (χ1) is 7.78. The van der Waals surface area contributed by atoms with Crippen molar-refractivity contribution in [2.75, 3.05) is 13.2 Å². The van der Waals surface area contributed by atoms with Gasteiger partial charge in [0, 0.05) is 18.0 Å². The summed E-state index contributed by atoms with van der Waals surface area (Å²) in [7, 11) is 0. The molecule has 1 atom stereocenters. The van der Waals surface area contributed by atoms with Gasteiger partial charge < -0.3 is 9.47 Å². The van der Waals surface area contributed by atoms with Gasteiger partial charge in [-0.25, -0.2) is 4.39 Å². The molecule has 1 aromatic rings. The first-order valence-corrected chi connectivity index (χ1v) is 6.50. The molecule has 0 amide bonds. The van der Waals surface area contributed by atoms with E-state index in [4.69, 9.17) is 9.47 Å². The minimum atomic E-state index is -0.265. The fraction of sp³-hybridized carbons (Fsp3) is 0.500. The molecule has 2 rings (SSSR count). The lowest BCUT2D eigenvalue weighted by Gasteiger charge is -2.12. The maximum atomic E-state index is 13.2. The van der Waals surface area contributed by atoms with Crippen molar-refractivity contribution in [2.24, 2.45) is 0 Å². The van der Waals surface area contributed by atoms with Crippen molar-refractivity contribution in [3.8, 4) is 5.75 Å². The summed E-state index contributed by atoms with van der Waals surface area (Å²) in [6.07, 6.45) is 2.28. The third-order valence-corrected chi connectivity index (χ3v) is 3.19. The van der Waals surface area contributed by atoms with Crippen LogP contribution in [0.5, 0.6) is 5.75 Å². The summed E-state index contributed by atoms with van der Waals surface area (Å²) in [5, 5.41) is 0.626. The van der Waals surface area contributed by atoms with Crippen LogP contribution in [0.3, 0.4) is 0 Å². The Labute approximate surface area is 103 Å². The predicted molar refractivity (Wildman–Crippen MR) is 63.5 cm³/mol. The summed E-state index contributed by atoms with van der Waals surface area (Å²) < 4.78 is 24.1. The molecule has 0 saturated carbocycles. The molecule has 0 radical (unpaired) electrons.